The Hall–Kier alpha value is -6.64. The number of benzene rings is 8. The molecule has 2 nitrogen and oxygen atoms in total. The molecule has 0 amide bonds. The minimum atomic E-state index is 1.16. The molecule has 0 fully saturated rings. The molecular formula is C48H32N2. The quantitative estimate of drug-likeness (QED) is 0.178. The van der Waals surface area contributed by atoms with Gasteiger partial charge in [-0.15, -0.1) is 0 Å². The fourth-order valence-corrected chi connectivity index (χ4v) is 7.85. The van der Waals surface area contributed by atoms with Crippen LogP contribution in [0.25, 0.3) is 88.4 Å². The van der Waals surface area contributed by atoms with Gasteiger partial charge >= 0.3 is 0 Å². The first-order valence-electron chi connectivity index (χ1n) is 17.2. The molecule has 10 aromatic rings. The average molecular weight is 637 g/mol. The highest BCUT2D eigenvalue weighted by atomic mass is 15.0. The highest BCUT2D eigenvalue weighted by molar-refractivity contribution is 6.14. The Morgan fingerprint density at radius 3 is 1.46 bits per heavy atom. The standard InChI is InChI=1S/C48H32N2/c1-4-15-33(16-5-1)35-29-36(34-27-28-43-41-21-10-12-25-45(41)49(47(43)32-34)38-17-6-2-7-18-38)31-37(30-35)40-23-14-24-44-42-22-11-13-26-46(42)50(48(40)44)39-19-8-3-9-20-39/h1-32H. The molecule has 2 aromatic heterocycles. The van der Waals surface area contributed by atoms with Crippen LogP contribution in [0.15, 0.2) is 194 Å². The molecule has 0 bridgehead atoms. The summed E-state index contributed by atoms with van der Waals surface area (Å²) in [5.74, 6) is 0. The summed E-state index contributed by atoms with van der Waals surface area (Å²) in [6.45, 7) is 0. The lowest BCUT2D eigenvalue weighted by molar-refractivity contribution is 1.18. The molecule has 0 unspecified atom stereocenters. The number of fused-ring (bicyclic) bond motifs is 6. The van der Waals surface area contributed by atoms with Crippen LogP contribution < -0.4 is 0 Å². The number of hydrogen-bond donors (Lipinski definition) is 0. The largest absolute Gasteiger partial charge is 0.309 e. The van der Waals surface area contributed by atoms with Crippen molar-refractivity contribution in [1.29, 1.82) is 0 Å². The van der Waals surface area contributed by atoms with E-state index in [0.717, 1.165) is 11.4 Å². The van der Waals surface area contributed by atoms with E-state index in [0.29, 0.717) is 0 Å². The second-order valence-corrected chi connectivity index (χ2v) is 13.0. The molecule has 0 atom stereocenters. The average Bonchev–Trinajstić information content (AvgIpc) is 3.71. The van der Waals surface area contributed by atoms with Gasteiger partial charge in [0.25, 0.3) is 0 Å². The van der Waals surface area contributed by atoms with E-state index in [1.165, 1.54) is 77.0 Å². The minimum Gasteiger partial charge on any atom is -0.309 e. The molecular weight excluding hydrogens is 605 g/mol. The second-order valence-electron chi connectivity index (χ2n) is 13.0. The molecule has 234 valence electrons. The molecule has 0 aliphatic rings. The van der Waals surface area contributed by atoms with E-state index in [-0.39, 0.29) is 0 Å². The number of rotatable bonds is 5. The third kappa shape index (κ3) is 4.50. The van der Waals surface area contributed by atoms with Gasteiger partial charge in [0.05, 0.1) is 22.1 Å². The molecule has 0 N–H and O–H groups in total. The number of para-hydroxylation sites is 5. The van der Waals surface area contributed by atoms with Crippen molar-refractivity contribution in [2.45, 2.75) is 0 Å². The van der Waals surface area contributed by atoms with Crippen LogP contribution in [0.3, 0.4) is 0 Å². The van der Waals surface area contributed by atoms with Crippen LogP contribution in [0.4, 0.5) is 0 Å². The van der Waals surface area contributed by atoms with Gasteiger partial charge < -0.3 is 9.13 Å². The van der Waals surface area contributed by atoms with Crippen LogP contribution in [0.2, 0.25) is 0 Å². The molecule has 0 spiro atoms. The normalized spacial score (nSPS) is 11.6. The lowest BCUT2D eigenvalue weighted by Crippen LogP contribution is -1.95. The first-order valence-corrected chi connectivity index (χ1v) is 17.2. The summed E-state index contributed by atoms with van der Waals surface area (Å²) in [6.07, 6.45) is 0. The molecule has 0 aliphatic carbocycles. The van der Waals surface area contributed by atoms with Crippen molar-refractivity contribution >= 4 is 43.6 Å². The summed E-state index contributed by atoms with van der Waals surface area (Å²) in [5, 5.41) is 5.02. The maximum absolute atomic E-state index is 2.43. The summed E-state index contributed by atoms with van der Waals surface area (Å²) in [7, 11) is 0. The summed E-state index contributed by atoms with van der Waals surface area (Å²) in [5.41, 5.74) is 14.3. The van der Waals surface area contributed by atoms with E-state index >= 15 is 0 Å². The van der Waals surface area contributed by atoms with E-state index in [9.17, 15) is 0 Å². The van der Waals surface area contributed by atoms with Gasteiger partial charge in [0, 0.05) is 38.5 Å². The van der Waals surface area contributed by atoms with E-state index in [1.54, 1.807) is 0 Å². The zero-order valence-electron chi connectivity index (χ0n) is 27.4. The van der Waals surface area contributed by atoms with Crippen molar-refractivity contribution in [3.63, 3.8) is 0 Å². The first-order chi connectivity index (χ1) is 24.8. The third-order valence-electron chi connectivity index (χ3n) is 10.1. The van der Waals surface area contributed by atoms with Crippen LogP contribution >= 0.6 is 0 Å². The predicted octanol–water partition coefficient (Wildman–Crippen LogP) is 12.9. The Bertz CT molecular complexity index is 2840. The van der Waals surface area contributed by atoms with Crippen LogP contribution in [0.1, 0.15) is 0 Å². The van der Waals surface area contributed by atoms with Gasteiger partial charge in [0.1, 0.15) is 0 Å². The van der Waals surface area contributed by atoms with Crippen molar-refractivity contribution in [3.05, 3.63) is 194 Å². The molecule has 0 aliphatic heterocycles. The van der Waals surface area contributed by atoms with Gasteiger partial charge in [-0.3, -0.25) is 0 Å². The fraction of sp³-hybridized carbons (Fsp3) is 0. The maximum Gasteiger partial charge on any atom is 0.0619 e. The molecule has 2 heteroatoms. The van der Waals surface area contributed by atoms with Gasteiger partial charge in [0.15, 0.2) is 0 Å². The Morgan fingerprint density at radius 1 is 0.260 bits per heavy atom. The van der Waals surface area contributed by atoms with Crippen molar-refractivity contribution in [2.24, 2.45) is 0 Å². The van der Waals surface area contributed by atoms with Crippen LogP contribution in [-0.2, 0) is 0 Å². The molecule has 0 saturated heterocycles. The zero-order valence-corrected chi connectivity index (χ0v) is 27.4. The Balaban J connectivity index is 1.26. The zero-order chi connectivity index (χ0) is 33.0. The smallest absolute Gasteiger partial charge is 0.0619 e. The SMILES string of the molecule is c1ccc(-c2cc(-c3ccc4c5ccccc5n(-c5ccccc5)c4c3)cc(-c3cccc4c5ccccc5n(-c5ccccc5)c34)c2)cc1. The number of nitrogens with zero attached hydrogens (tertiary/aromatic N) is 2. The van der Waals surface area contributed by atoms with E-state index < -0.39 is 0 Å². The topological polar surface area (TPSA) is 9.86 Å². The van der Waals surface area contributed by atoms with E-state index in [2.05, 4.69) is 203 Å². The van der Waals surface area contributed by atoms with Gasteiger partial charge in [0.2, 0.25) is 0 Å². The summed E-state index contributed by atoms with van der Waals surface area (Å²) in [4.78, 5) is 0. The van der Waals surface area contributed by atoms with Gasteiger partial charge in [-0.25, -0.2) is 0 Å². The van der Waals surface area contributed by atoms with Gasteiger partial charge in [-0.05, 0) is 88.5 Å². The highest BCUT2D eigenvalue weighted by Crippen LogP contribution is 2.42. The molecule has 10 rings (SSSR count). The molecule has 0 saturated carbocycles. The lowest BCUT2D eigenvalue weighted by Gasteiger charge is -2.15. The predicted molar refractivity (Wildman–Crippen MR) is 211 cm³/mol. The number of aromatic nitrogens is 2. The summed E-state index contributed by atoms with van der Waals surface area (Å²) < 4.78 is 4.83. The minimum absolute atomic E-state index is 1.16. The van der Waals surface area contributed by atoms with Crippen LogP contribution in [-0.4, -0.2) is 9.13 Å². The summed E-state index contributed by atoms with van der Waals surface area (Å²) in [6, 6.07) is 70.5. The Morgan fingerprint density at radius 2 is 0.760 bits per heavy atom. The van der Waals surface area contributed by atoms with Crippen molar-refractivity contribution < 1.29 is 0 Å². The maximum atomic E-state index is 2.43. The monoisotopic (exact) mass is 636 g/mol. The van der Waals surface area contributed by atoms with Gasteiger partial charge in [-0.2, -0.15) is 0 Å². The summed E-state index contributed by atoms with van der Waals surface area (Å²) >= 11 is 0. The first kappa shape index (κ1) is 28.4. The fourth-order valence-electron chi connectivity index (χ4n) is 7.85. The van der Waals surface area contributed by atoms with Crippen LogP contribution in [0.5, 0.6) is 0 Å². The molecule has 50 heavy (non-hydrogen) atoms. The Kier molecular flexibility index (Phi) is 6.53. The molecule has 0 radical (unpaired) electrons. The van der Waals surface area contributed by atoms with E-state index in [4.69, 9.17) is 0 Å². The molecule has 2 heterocycles. The number of hydrogen-bond acceptors (Lipinski definition) is 0. The second kappa shape index (κ2) is 11.5. The lowest BCUT2D eigenvalue weighted by atomic mass is 9.92. The van der Waals surface area contributed by atoms with Crippen molar-refractivity contribution in [2.75, 3.05) is 0 Å². The van der Waals surface area contributed by atoms with Crippen molar-refractivity contribution in [1.82, 2.24) is 9.13 Å². The molecule has 8 aromatic carbocycles. The van der Waals surface area contributed by atoms with Crippen LogP contribution in [0, 0.1) is 0 Å². The third-order valence-corrected chi connectivity index (χ3v) is 10.1. The van der Waals surface area contributed by atoms with Gasteiger partial charge in [-0.1, -0.05) is 133 Å². The van der Waals surface area contributed by atoms with Crippen molar-refractivity contribution in [3.8, 4) is 44.8 Å². The Labute approximate surface area is 290 Å². The van der Waals surface area contributed by atoms with E-state index in [1.807, 2.05) is 0 Å². The highest BCUT2D eigenvalue weighted by Gasteiger charge is 2.18.